The number of amides is 2. The number of benzene rings is 1. The maximum atomic E-state index is 12.2. The monoisotopic (exact) mass is 300 g/mol. The molecule has 0 fully saturated rings. The van der Waals surface area contributed by atoms with Crippen LogP contribution in [0.1, 0.15) is 18.5 Å². The van der Waals surface area contributed by atoms with Gasteiger partial charge < -0.3 is 20.1 Å². The molecule has 1 heterocycles. The first kappa shape index (κ1) is 15.4. The smallest absolute Gasteiger partial charge is 0.339 e. The lowest BCUT2D eigenvalue weighted by molar-refractivity contribution is -0.138. The van der Waals surface area contributed by atoms with Gasteiger partial charge in [0.1, 0.15) is 5.75 Å². The van der Waals surface area contributed by atoms with Gasteiger partial charge in [0, 0.05) is 5.70 Å². The van der Waals surface area contributed by atoms with Crippen molar-refractivity contribution in [3.63, 3.8) is 0 Å². The van der Waals surface area contributed by atoms with Gasteiger partial charge >= 0.3 is 12.0 Å². The Kier molecular flexibility index (Phi) is 4.69. The molecule has 6 nitrogen and oxygen atoms in total. The summed E-state index contributed by atoms with van der Waals surface area (Å²) >= 11 is 0. The molecular formula is C16H16N2O4. The third-order valence-corrected chi connectivity index (χ3v) is 3.22. The van der Waals surface area contributed by atoms with Gasteiger partial charge in [0.05, 0.1) is 18.7 Å². The van der Waals surface area contributed by atoms with E-state index in [9.17, 15) is 9.59 Å². The first-order chi connectivity index (χ1) is 10.6. The topological polar surface area (TPSA) is 76.7 Å². The number of ether oxygens (including phenoxy) is 2. The van der Waals surface area contributed by atoms with Crippen LogP contribution in [0, 0.1) is 12.3 Å². The molecule has 2 amide bonds. The standard InChI is InChI=1S/C16H16N2O4/c1-4-9-22-15(19)13-10(2)17-16(20)18-14(13)11-5-7-12(21-3)8-6-11/h1,5-8,14H,9H2,2-3H3,(H2,17,18,20). The Morgan fingerprint density at radius 3 is 2.64 bits per heavy atom. The fourth-order valence-electron chi connectivity index (χ4n) is 2.20. The van der Waals surface area contributed by atoms with E-state index in [0.717, 1.165) is 5.56 Å². The van der Waals surface area contributed by atoms with E-state index in [1.807, 2.05) is 0 Å². The van der Waals surface area contributed by atoms with Crippen LogP contribution in [0.25, 0.3) is 0 Å². The number of hydrogen-bond donors (Lipinski definition) is 2. The maximum Gasteiger partial charge on any atom is 0.339 e. The van der Waals surface area contributed by atoms with Gasteiger partial charge in [-0.15, -0.1) is 6.42 Å². The summed E-state index contributed by atoms with van der Waals surface area (Å²) in [5.74, 6) is 2.36. The molecule has 1 aromatic rings. The lowest BCUT2D eigenvalue weighted by Gasteiger charge is -2.28. The van der Waals surface area contributed by atoms with Crippen molar-refractivity contribution < 1.29 is 19.1 Å². The molecule has 2 rings (SSSR count). The number of methoxy groups -OCH3 is 1. The molecule has 6 heteroatoms. The molecule has 0 saturated heterocycles. The first-order valence-electron chi connectivity index (χ1n) is 6.59. The van der Waals surface area contributed by atoms with E-state index in [0.29, 0.717) is 17.0 Å². The van der Waals surface area contributed by atoms with Crippen molar-refractivity contribution in [1.29, 1.82) is 0 Å². The Labute approximate surface area is 128 Å². The van der Waals surface area contributed by atoms with Crippen LogP contribution in [-0.2, 0) is 9.53 Å². The van der Waals surface area contributed by atoms with Crippen LogP contribution in [0.15, 0.2) is 35.5 Å². The number of carbonyl (C=O) groups is 2. The van der Waals surface area contributed by atoms with Crippen LogP contribution in [0.3, 0.4) is 0 Å². The maximum absolute atomic E-state index is 12.2. The van der Waals surface area contributed by atoms with Crippen LogP contribution in [-0.4, -0.2) is 25.7 Å². The Hall–Kier alpha value is -2.94. The van der Waals surface area contributed by atoms with Crippen molar-refractivity contribution >= 4 is 12.0 Å². The third-order valence-electron chi connectivity index (χ3n) is 3.22. The van der Waals surface area contributed by atoms with Crippen LogP contribution >= 0.6 is 0 Å². The lowest BCUT2D eigenvalue weighted by atomic mass is 9.95. The largest absolute Gasteiger partial charge is 0.497 e. The lowest BCUT2D eigenvalue weighted by Crippen LogP contribution is -2.45. The summed E-state index contributed by atoms with van der Waals surface area (Å²) in [5.41, 5.74) is 1.49. The molecule has 0 bridgehead atoms. The van der Waals surface area contributed by atoms with Crippen LogP contribution in [0.2, 0.25) is 0 Å². The number of urea groups is 1. The van der Waals surface area contributed by atoms with Crippen LogP contribution in [0.5, 0.6) is 5.75 Å². The molecule has 0 saturated carbocycles. The zero-order valence-electron chi connectivity index (χ0n) is 12.3. The first-order valence-corrected chi connectivity index (χ1v) is 6.59. The number of carbonyl (C=O) groups excluding carboxylic acids is 2. The minimum atomic E-state index is -0.607. The zero-order chi connectivity index (χ0) is 16.1. The Balaban J connectivity index is 2.36. The van der Waals surface area contributed by atoms with Crippen molar-refractivity contribution in [1.82, 2.24) is 10.6 Å². The summed E-state index contributed by atoms with van der Waals surface area (Å²) in [7, 11) is 1.56. The predicted octanol–water partition coefficient (Wildman–Crippen LogP) is 1.50. The highest BCUT2D eigenvalue weighted by Crippen LogP contribution is 2.28. The number of terminal acetylenes is 1. The minimum absolute atomic E-state index is 0.126. The highest BCUT2D eigenvalue weighted by atomic mass is 16.5. The van der Waals surface area contributed by atoms with Gasteiger partial charge in [0.25, 0.3) is 0 Å². The molecule has 114 valence electrons. The second-order valence-electron chi connectivity index (χ2n) is 4.62. The summed E-state index contributed by atoms with van der Waals surface area (Å²) in [5, 5.41) is 5.27. The SMILES string of the molecule is C#CCOC(=O)C1=C(C)NC(=O)NC1c1ccc(OC)cc1. The van der Waals surface area contributed by atoms with Crippen molar-refractivity contribution in [2.75, 3.05) is 13.7 Å². The van der Waals surface area contributed by atoms with Crippen LogP contribution in [0.4, 0.5) is 4.79 Å². The van der Waals surface area contributed by atoms with Gasteiger partial charge in [0.2, 0.25) is 0 Å². The van der Waals surface area contributed by atoms with E-state index in [2.05, 4.69) is 16.6 Å². The van der Waals surface area contributed by atoms with E-state index in [-0.39, 0.29) is 12.6 Å². The van der Waals surface area contributed by atoms with Gasteiger partial charge in [-0.25, -0.2) is 9.59 Å². The Morgan fingerprint density at radius 1 is 1.36 bits per heavy atom. The molecule has 0 aromatic heterocycles. The molecule has 0 aliphatic carbocycles. The average Bonchev–Trinajstić information content (AvgIpc) is 2.52. The normalized spacial score (nSPS) is 17.1. The Morgan fingerprint density at radius 2 is 2.05 bits per heavy atom. The number of hydrogen-bond acceptors (Lipinski definition) is 4. The summed E-state index contributed by atoms with van der Waals surface area (Å²) in [4.78, 5) is 23.9. The van der Waals surface area contributed by atoms with E-state index >= 15 is 0 Å². The summed E-state index contributed by atoms with van der Waals surface area (Å²) in [6.07, 6.45) is 5.10. The fourth-order valence-corrected chi connectivity index (χ4v) is 2.20. The second-order valence-corrected chi connectivity index (χ2v) is 4.62. The summed E-state index contributed by atoms with van der Waals surface area (Å²) in [6.45, 7) is 1.51. The van der Waals surface area contributed by atoms with E-state index in [1.165, 1.54) is 0 Å². The molecule has 2 N–H and O–H groups in total. The molecule has 22 heavy (non-hydrogen) atoms. The van der Waals surface area contributed by atoms with Crippen molar-refractivity contribution in [3.8, 4) is 18.1 Å². The molecule has 1 aliphatic rings. The van der Waals surface area contributed by atoms with Gasteiger partial charge in [-0.2, -0.15) is 0 Å². The van der Waals surface area contributed by atoms with Crippen LogP contribution < -0.4 is 15.4 Å². The average molecular weight is 300 g/mol. The van der Waals surface area contributed by atoms with Gasteiger partial charge in [-0.1, -0.05) is 18.1 Å². The highest BCUT2D eigenvalue weighted by molar-refractivity contribution is 5.95. The summed E-state index contributed by atoms with van der Waals surface area (Å²) in [6, 6.07) is 6.07. The molecular weight excluding hydrogens is 284 g/mol. The second kappa shape index (κ2) is 6.68. The van der Waals surface area contributed by atoms with Gasteiger partial charge in [-0.05, 0) is 24.6 Å². The van der Waals surface area contributed by atoms with E-state index < -0.39 is 12.0 Å². The molecule has 0 spiro atoms. The minimum Gasteiger partial charge on any atom is -0.497 e. The molecule has 1 atom stereocenters. The van der Waals surface area contributed by atoms with Crippen molar-refractivity contribution in [3.05, 3.63) is 41.1 Å². The third kappa shape index (κ3) is 3.20. The highest BCUT2D eigenvalue weighted by Gasteiger charge is 2.32. The number of allylic oxidation sites excluding steroid dienone is 1. The number of rotatable bonds is 4. The molecule has 1 unspecified atom stereocenters. The van der Waals surface area contributed by atoms with Crippen molar-refractivity contribution in [2.45, 2.75) is 13.0 Å². The van der Waals surface area contributed by atoms with E-state index in [4.69, 9.17) is 15.9 Å². The zero-order valence-corrected chi connectivity index (χ0v) is 12.3. The van der Waals surface area contributed by atoms with Gasteiger partial charge in [0.15, 0.2) is 6.61 Å². The molecule has 1 aromatic carbocycles. The number of esters is 1. The number of nitrogens with one attached hydrogen (secondary N) is 2. The van der Waals surface area contributed by atoms with E-state index in [1.54, 1.807) is 38.3 Å². The molecule has 0 radical (unpaired) electrons. The molecule has 1 aliphatic heterocycles. The predicted molar refractivity (Wildman–Crippen MR) is 79.9 cm³/mol. The quantitative estimate of drug-likeness (QED) is 0.652. The van der Waals surface area contributed by atoms with Gasteiger partial charge in [-0.3, -0.25) is 0 Å². The van der Waals surface area contributed by atoms with Crippen molar-refractivity contribution in [2.24, 2.45) is 0 Å². The summed E-state index contributed by atoms with van der Waals surface area (Å²) < 4.78 is 10.1. The Bertz CT molecular complexity index is 656. The fraction of sp³-hybridized carbons (Fsp3) is 0.250.